The van der Waals surface area contributed by atoms with E-state index in [2.05, 4.69) is 0 Å². The fraction of sp³-hybridized carbons (Fsp3) is 0.280. The third-order valence-electron chi connectivity index (χ3n) is 5.26. The Hall–Kier alpha value is -4.19. The fourth-order valence-corrected chi connectivity index (χ4v) is 3.41. The highest BCUT2D eigenvalue weighted by molar-refractivity contribution is 5.94. The summed E-state index contributed by atoms with van der Waals surface area (Å²) in [6.07, 6.45) is 2.77. The molecule has 0 bridgehead atoms. The topological polar surface area (TPSA) is 99.9 Å². The Balaban J connectivity index is 1.43. The standard InChI is InChI=1S/C25H24FN3O5/c1-18(30)20-5-8-23(22(26)16-20)28-11-13-29(14-12-28)24(31)17-34-25(32)9-4-19-2-6-21(7-3-19)33-15-10-27/h2-9,16H,11-15,17H2,1H3/b9-4+. The fourth-order valence-electron chi connectivity index (χ4n) is 3.41. The molecule has 1 aliphatic rings. The lowest BCUT2D eigenvalue weighted by molar-refractivity contribution is -0.148. The van der Waals surface area contributed by atoms with Crippen molar-refractivity contribution in [3.63, 3.8) is 0 Å². The van der Waals surface area contributed by atoms with Crippen LogP contribution in [0.5, 0.6) is 5.75 Å². The van der Waals surface area contributed by atoms with Crippen LogP contribution < -0.4 is 9.64 Å². The molecule has 176 valence electrons. The normalized spacial score (nSPS) is 13.4. The summed E-state index contributed by atoms with van der Waals surface area (Å²) in [6.45, 7) is 2.52. The first-order valence-corrected chi connectivity index (χ1v) is 10.6. The van der Waals surface area contributed by atoms with Gasteiger partial charge in [-0.05, 0) is 48.9 Å². The molecule has 0 atom stereocenters. The molecule has 1 aliphatic heterocycles. The maximum atomic E-state index is 14.4. The zero-order valence-corrected chi connectivity index (χ0v) is 18.7. The van der Waals surface area contributed by atoms with Crippen molar-refractivity contribution >= 4 is 29.4 Å². The lowest BCUT2D eigenvalue weighted by atomic mass is 10.1. The first kappa shape index (κ1) is 24.5. The molecule has 2 aromatic rings. The van der Waals surface area contributed by atoms with Gasteiger partial charge in [0.1, 0.15) is 17.6 Å². The van der Waals surface area contributed by atoms with E-state index in [1.165, 1.54) is 19.1 Å². The Kier molecular flexibility index (Phi) is 8.35. The molecule has 1 heterocycles. The number of Topliss-reactive ketones (excluding diaryl/α,β-unsaturated/α-hetero) is 1. The SMILES string of the molecule is CC(=O)c1ccc(N2CCN(C(=O)COC(=O)/C=C/c3ccc(OCC#N)cc3)CC2)c(F)c1. The lowest BCUT2D eigenvalue weighted by Gasteiger charge is -2.36. The van der Waals surface area contributed by atoms with Crippen LogP contribution in [0.3, 0.4) is 0 Å². The molecular weight excluding hydrogens is 441 g/mol. The van der Waals surface area contributed by atoms with Crippen molar-refractivity contribution in [3.05, 3.63) is 65.5 Å². The molecule has 0 spiro atoms. The number of carbonyl (C=O) groups excluding carboxylic acids is 3. The number of nitrogens with zero attached hydrogens (tertiary/aromatic N) is 3. The van der Waals surface area contributed by atoms with Gasteiger partial charge in [0.25, 0.3) is 5.91 Å². The third-order valence-corrected chi connectivity index (χ3v) is 5.26. The monoisotopic (exact) mass is 465 g/mol. The minimum atomic E-state index is -0.649. The van der Waals surface area contributed by atoms with Gasteiger partial charge in [-0.15, -0.1) is 0 Å². The van der Waals surface area contributed by atoms with Gasteiger partial charge in [0.2, 0.25) is 0 Å². The highest BCUT2D eigenvalue weighted by Gasteiger charge is 2.23. The van der Waals surface area contributed by atoms with Gasteiger partial charge in [0, 0.05) is 37.8 Å². The van der Waals surface area contributed by atoms with E-state index in [0.717, 1.165) is 5.56 Å². The highest BCUT2D eigenvalue weighted by atomic mass is 19.1. The first-order chi connectivity index (χ1) is 16.4. The first-order valence-electron chi connectivity index (χ1n) is 10.6. The molecule has 2 aromatic carbocycles. The number of hydrogen-bond donors (Lipinski definition) is 0. The van der Waals surface area contributed by atoms with Crippen molar-refractivity contribution in [2.45, 2.75) is 6.92 Å². The van der Waals surface area contributed by atoms with Crippen LogP contribution >= 0.6 is 0 Å². The highest BCUT2D eigenvalue weighted by Crippen LogP contribution is 2.22. The molecule has 0 aliphatic carbocycles. The summed E-state index contributed by atoms with van der Waals surface area (Å²) in [7, 11) is 0. The molecule has 34 heavy (non-hydrogen) atoms. The van der Waals surface area contributed by atoms with Gasteiger partial charge >= 0.3 is 5.97 Å². The summed E-state index contributed by atoms with van der Waals surface area (Å²) < 4.78 is 24.6. The van der Waals surface area contributed by atoms with Gasteiger partial charge in [-0.25, -0.2) is 9.18 Å². The smallest absolute Gasteiger partial charge is 0.331 e. The third kappa shape index (κ3) is 6.65. The quantitative estimate of drug-likeness (QED) is 0.336. The summed E-state index contributed by atoms with van der Waals surface area (Å²) in [6, 6.07) is 13.1. The molecular formula is C25H24FN3O5. The predicted molar refractivity (Wildman–Crippen MR) is 123 cm³/mol. The van der Waals surface area contributed by atoms with Crippen molar-refractivity contribution in [2.24, 2.45) is 0 Å². The van der Waals surface area contributed by atoms with Gasteiger partial charge in [-0.2, -0.15) is 5.26 Å². The van der Waals surface area contributed by atoms with Crippen LogP contribution in [0.15, 0.2) is 48.5 Å². The average molecular weight is 465 g/mol. The largest absolute Gasteiger partial charge is 0.479 e. The lowest BCUT2D eigenvalue weighted by Crippen LogP contribution is -2.50. The number of esters is 1. The summed E-state index contributed by atoms with van der Waals surface area (Å²) in [5.41, 5.74) is 1.43. The molecule has 0 aromatic heterocycles. The van der Waals surface area contributed by atoms with Crippen molar-refractivity contribution < 1.29 is 28.2 Å². The molecule has 0 N–H and O–H groups in total. The van der Waals surface area contributed by atoms with Gasteiger partial charge in [-0.3, -0.25) is 9.59 Å². The molecule has 1 amide bonds. The molecule has 1 saturated heterocycles. The zero-order chi connectivity index (χ0) is 24.5. The molecule has 0 saturated carbocycles. The number of ether oxygens (including phenoxy) is 2. The Morgan fingerprint density at radius 3 is 2.41 bits per heavy atom. The molecule has 3 rings (SSSR count). The Morgan fingerprint density at radius 2 is 1.79 bits per heavy atom. The van der Waals surface area contributed by atoms with Crippen molar-refractivity contribution in [1.82, 2.24) is 4.90 Å². The van der Waals surface area contributed by atoms with Crippen LogP contribution in [0.25, 0.3) is 6.08 Å². The zero-order valence-electron chi connectivity index (χ0n) is 18.7. The Labute approximate surface area is 196 Å². The van der Waals surface area contributed by atoms with Crippen molar-refractivity contribution in [2.75, 3.05) is 44.3 Å². The molecule has 8 nitrogen and oxygen atoms in total. The van der Waals surface area contributed by atoms with E-state index >= 15 is 0 Å². The second-order valence-corrected chi connectivity index (χ2v) is 7.55. The number of ketones is 1. The minimum absolute atomic E-state index is 0.0459. The van der Waals surface area contributed by atoms with Gasteiger partial charge in [-0.1, -0.05) is 12.1 Å². The number of anilines is 1. The number of amides is 1. The Morgan fingerprint density at radius 1 is 1.09 bits per heavy atom. The van der Waals surface area contributed by atoms with E-state index in [4.69, 9.17) is 14.7 Å². The predicted octanol–water partition coefficient (Wildman–Crippen LogP) is 2.84. The number of hydrogen-bond acceptors (Lipinski definition) is 7. The average Bonchev–Trinajstić information content (AvgIpc) is 2.85. The number of carbonyl (C=O) groups is 3. The summed E-state index contributed by atoms with van der Waals surface area (Å²) in [5, 5.41) is 8.50. The van der Waals surface area contributed by atoms with E-state index in [9.17, 15) is 18.8 Å². The molecule has 0 radical (unpaired) electrons. The van der Waals surface area contributed by atoms with E-state index in [1.807, 2.05) is 11.0 Å². The summed E-state index contributed by atoms with van der Waals surface area (Å²) >= 11 is 0. The summed E-state index contributed by atoms with van der Waals surface area (Å²) in [5.74, 6) is -1.11. The van der Waals surface area contributed by atoms with Crippen LogP contribution in [0, 0.1) is 17.1 Å². The van der Waals surface area contributed by atoms with Gasteiger partial charge in [0.05, 0.1) is 5.69 Å². The van der Waals surface area contributed by atoms with Crippen LogP contribution in [0.1, 0.15) is 22.8 Å². The van der Waals surface area contributed by atoms with Gasteiger partial charge < -0.3 is 19.3 Å². The van der Waals surface area contributed by atoms with Crippen molar-refractivity contribution in [1.29, 1.82) is 5.26 Å². The number of piperazine rings is 1. The van der Waals surface area contributed by atoms with Crippen LogP contribution in [0.4, 0.5) is 10.1 Å². The maximum absolute atomic E-state index is 14.4. The summed E-state index contributed by atoms with van der Waals surface area (Å²) in [4.78, 5) is 39.1. The van der Waals surface area contributed by atoms with E-state index in [1.54, 1.807) is 47.4 Å². The molecule has 0 unspecified atom stereocenters. The van der Waals surface area contributed by atoms with E-state index in [-0.39, 0.29) is 24.9 Å². The second-order valence-electron chi connectivity index (χ2n) is 7.55. The van der Waals surface area contributed by atoms with E-state index < -0.39 is 11.8 Å². The second kappa shape index (κ2) is 11.6. The van der Waals surface area contributed by atoms with Crippen LogP contribution in [0.2, 0.25) is 0 Å². The van der Waals surface area contributed by atoms with Gasteiger partial charge in [0.15, 0.2) is 19.0 Å². The number of halogens is 1. The minimum Gasteiger partial charge on any atom is -0.479 e. The number of rotatable bonds is 8. The van der Waals surface area contributed by atoms with Crippen LogP contribution in [-0.4, -0.2) is 62.0 Å². The van der Waals surface area contributed by atoms with E-state index in [0.29, 0.717) is 43.2 Å². The van der Waals surface area contributed by atoms with Crippen LogP contribution in [-0.2, 0) is 14.3 Å². The molecule has 9 heteroatoms. The molecule has 1 fully saturated rings. The number of benzene rings is 2. The Bertz CT molecular complexity index is 1120. The number of nitriles is 1. The van der Waals surface area contributed by atoms with Crippen molar-refractivity contribution in [3.8, 4) is 11.8 Å². The maximum Gasteiger partial charge on any atom is 0.331 e.